The fourth-order valence-corrected chi connectivity index (χ4v) is 3.07. The van der Waals surface area contributed by atoms with Gasteiger partial charge in [0, 0.05) is 38.5 Å². The predicted molar refractivity (Wildman–Crippen MR) is 105 cm³/mol. The lowest BCUT2D eigenvalue weighted by Crippen LogP contribution is -2.39. The van der Waals surface area contributed by atoms with E-state index in [1.807, 2.05) is 6.92 Å². The number of nitrogens with zero attached hydrogens (tertiary/aromatic N) is 3. The number of aryl methyl sites for hydroxylation is 3. The maximum absolute atomic E-state index is 9.35. The van der Waals surface area contributed by atoms with Gasteiger partial charge >= 0.3 is 0 Å². The van der Waals surface area contributed by atoms with Crippen LogP contribution in [0.3, 0.4) is 0 Å². The molecule has 6 heteroatoms. The Kier molecular flexibility index (Phi) is 9.57. The largest absolute Gasteiger partial charge is 0.396 e. The normalized spacial score (nSPS) is 12.5. The molecule has 0 fully saturated rings. The maximum Gasteiger partial charge on any atom is 0.191 e. The van der Waals surface area contributed by atoms with Gasteiger partial charge in [-0.05, 0) is 57.9 Å². The molecule has 1 heterocycles. The first-order valence-electron chi connectivity index (χ1n) is 9.64. The molecule has 1 aromatic heterocycles. The summed E-state index contributed by atoms with van der Waals surface area (Å²) >= 11 is 0. The Bertz CT molecular complexity index is 520. The number of aromatic nitrogens is 2. The molecule has 0 spiro atoms. The van der Waals surface area contributed by atoms with E-state index < -0.39 is 0 Å². The Hall–Kier alpha value is -1.56. The topological polar surface area (TPSA) is 74.5 Å². The van der Waals surface area contributed by atoms with Gasteiger partial charge in [0.25, 0.3) is 0 Å². The van der Waals surface area contributed by atoms with Crippen LogP contribution in [0.15, 0.2) is 11.1 Å². The van der Waals surface area contributed by atoms with Crippen molar-refractivity contribution in [2.75, 3.05) is 26.2 Å². The molecule has 0 aliphatic heterocycles. The Morgan fingerprint density at radius 2 is 1.96 bits per heavy atom. The fourth-order valence-electron chi connectivity index (χ4n) is 3.07. The standard InChI is InChI=1S/C19H37N5O/c1-6-19(7-2,10-13-25)15-22-18(20-8-3)21-11-9-12-24-17(5)14-16(4)23-24/h14,25H,6-13,15H2,1-5H3,(H2,20,21,22). The summed E-state index contributed by atoms with van der Waals surface area (Å²) in [7, 11) is 0. The van der Waals surface area contributed by atoms with Crippen molar-refractivity contribution in [2.24, 2.45) is 10.4 Å². The molecule has 0 atom stereocenters. The lowest BCUT2D eigenvalue weighted by molar-refractivity contribution is 0.175. The highest BCUT2D eigenvalue weighted by Crippen LogP contribution is 2.30. The van der Waals surface area contributed by atoms with Crippen molar-refractivity contribution in [3.8, 4) is 0 Å². The molecule has 0 aliphatic rings. The van der Waals surface area contributed by atoms with Crippen molar-refractivity contribution in [2.45, 2.75) is 66.8 Å². The monoisotopic (exact) mass is 351 g/mol. The summed E-state index contributed by atoms with van der Waals surface area (Å²) in [6, 6.07) is 2.11. The van der Waals surface area contributed by atoms with Crippen molar-refractivity contribution in [1.82, 2.24) is 20.4 Å². The molecule has 0 bridgehead atoms. The van der Waals surface area contributed by atoms with E-state index in [2.05, 4.69) is 54.2 Å². The highest BCUT2D eigenvalue weighted by Gasteiger charge is 2.25. The Morgan fingerprint density at radius 1 is 1.24 bits per heavy atom. The molecule has 0 saturated heterocycles. The number of aliphatic hydroxyl groups excluding tert-OH is 1. The van der Waals surface area contributed by atoms with Gasteiger partial charge in [-0.15, -0.1) is 0 Å². The molecule has 6 nitrogen and oxygen atoms in total. The van der Waals surface area contributed by atoms with Gasteiger partial charge in [0.2, 0.25) is 0 Å². The van der Waals surface area contributed by atoms with E-state index >= 15 is 0 Å². The van der Waals surface area contributed by atoms with Crippen LogP contribution >= 0.6 is 0 Å². The van der Waals surface area contributed by atoms with Crippen LogP contribution in [0.2, 0.25) is 0 Å². The van der Waals surface area contributed by atoms with Gasteiger partial charge in [-0.3, -0.25) is 9.67 Å². The van der Waals surface area contributed by atoms with Crippen LogP contribution in [0.25, 0.3) is 0 Å². The van der Waals surface area contributed by atoms with Gasteiger partial charge in [-0.25, -0.2) is 0 Å². The average molecular weight is 352 g/mol. The van der Waals surface area contributed by atoms with E-state index in [0.717, 1.165) is 63.5 Å². The van der Waals surface area contributed by atoms with Crippen molar-refractivity contribution < 1.29 is 5.11 Å². The summed E-state index contributed by atoms with van der Waals surface area (Å²) in [5.74, 6) is 0.861. The van der Waals surface area contributed by atoms with Crippen molar-refractivity contribution >= 4 is 5.96 Å². The van der Waals surface area contributed by atoms with Crippen LogP contribution in [0.4, 0.5) is 0 Å². The number of hydrogen-bond acceptors (Lipinski definition) is 3. The molecule has 0 saturated carbocycles. The first-order valence-corrected chi connectivity index (χ1v) is 9.64. The van der Waals surface area contributed by atoms with E-state index in [9.17, 15) is 5.11 Å². The Balaban J connectivity index is 2.53. The first kappa shape index (κ1) is 21.5. The zero-order valence-electron chi connectivity index (χ0n) is 16.7. The van der Waals surface area contributed by atoms with Crippen LogP contribution < -0.4 is 10.6 Å². The van der Waals surface area contributed by atoms with Gasteiger partial charge in [0.1, 0.15) is 0 Å². The number of nitrogens with one attached hydrogen (secondary N) is 2. The maximum atomic E-state index is 9.35. The van der Waals surface area contributed by atoms with Crippen LogP contribution in [0, 0.1) is 19.3 Å². The van der Waals surface area contributed by atoms with Gasteiger partial charge in [-0.2, -0.15) is 5.10 Å². The SMILES string of the molecule is CCNC(=NCC(CC)(CC)CCO)NCCCn1nc(C)cc1C. The van der Waals surface area contributed by atoms with Gasteiger partial charge in [0.15, 0.2) is 5.96 Å². The smallest absolute Gasteiger partial charge is 0.191 e. The van der Waals surface area contributed by atoms with Gasteiger partial charge in [-0.1, -0.05) is 13.8 Å². The molecule has 25 heavy (non-hydrogen) atoms. The second-order valence-electron chi connectivity index (χ2n) is 6.81. The zero-order valence-corrected chi connectivity index (χ0v) is 16.7. The predicted octanol–water partition coefficient (Wildman–Crippen LogP) is 2.63. The molecular formula is C19H37N5O. The second-order valence-corrected chi connectivity index (χ2v) is 6.81. The summed E-state index contributed by atoms with van der Waals surface area (Å²) < 4.78 is 2.06. The minimum atomic E-state index is 0.0980. The molecule has 3 N–H and O–H groups in total. The van der Waals surface area contributed by atoms with Crippen molar-refractivity contribution in [3.63, 3.8) is 0 Å². The number of hydrogen-bond donors (Lipinski definition) is 3. The molecule has 144 valence electrons. The fraction of sp³-hybridized carbons (Fsp3) is 0.789. The molecular weight excluding hydrogens is 314 g/mol. The van der Waals surface area contributed by atoms with Crippen molar-refractivity contribution in [1.29, 1.82) is 0 Å². The second kappa shape index (κ2) is 11.1. The minimum Gasteiger partial charge on any atom is -0.396 e. The number of aliphatic imine (C=N–C) groups is 1. The van der Waals surface area contributed by atoms with E-state index in [1.54, 1.807) is 0 Å². The van der Waals surface area contributed by atoms with Crippen LogP contribution in [-0.2, 0) is 6.54 Å². The van der Waals surface area contributed by atoms with Gasteiger partial charge < -0.3 is 15.7 Å². The van der Waals surface area contributed by atoms with Gasteiger partial charge in [0.05, 0.1) is 5.69 Å². The zero-order chi connectivity index (χ0) is 18.7. The van der Waals surface area contributed by atoms with E-state index in [4.69, 9.17) is 4.99 Å². The molecule has 0 amide bonds. The summed E-state index contributed by atoms with van der Waals surface area (Å²) in [6.45, 7) is 14.1. The highest BCUT2D eigenvalue weighted by molar-refractivity contribution is 5.79. The quantitative estimate of drug-likeness (QED) is 0.325. The van der Waals surface area contributed by atoms with Crippen LogP contribution in [0.1, 0.15) is 57.8 Å². The minimum absolute atomic E-state index is 0.0980. The summed E-state index contributed by atoms with van der Waals surface area (Å²) in [4.78, 5) is 4.77. The lowest BCUT2D eigenvalue weighted by atomic mass is 9.79. The van der Waals surface area contributed by atoms with E-state index in [1.165, 1.54) is 5.69 Å². The third kappa shape index (κ3) is 7.06. The summed E-state index contributed by atoms with van der Waals surface area (Å²) in [5, 5.41) is 20.6. The lowest BCUT2D eigenvalue weighted by Gasteiger charge is -2.29. The molecule has 0 radical (unpaired) electrons. The highest BCUT2D eigenvalue weighted by atomic mass is 16.3. The van der Waals surface area contributed by atoms with E-state index in [0.29, 0.717) is 0 Å². The third-order valence-electron chi connectivity index (χ3n) is 5.00. The molecule has 0 unspecified atom stereocenters. The average Bonchev–Trinajstić information content (AvgIpc) is 2.92. The Labute approximate surface area is 153 Å². The van der Waals surface area contributed by atoms with Crippen LogP contribution in [-0.4, -0.2) is 47.1 Å². The molecule has 1 rings (SSSR count). The Morgan fingerprint density at radius 3 is 2.48 bits per heavy atom. The number of guanidine groups is 1. The first-order chi connectivity index (χ1) is 12.0. The molecule has 0 aliphatic carbocycles. The van der Waals surface area contributed by atoms with Crippen molar-refractivity contribution in [3.05, 3.63) is 17.5 Å². The molecule has 1 aromatic rings. The van der Waals surface area contributed by atoms with Crippen LogP contribution in [0.5, 0.6) is 0 Å². The summed E-state index contributed by atoms with van der Waals surface area (Å²) in [5.41, 5.74) is 2.37. The number of aliphatic hydroxyl groups is 1. The third-order valence-corrected chi connectivity index (χ3v) is 5.00. The number of rotatable bonds is 11. The summed E-state index contributed by atoms with van der Waals surface area (Å²) in [6.07, 6.45) is 3.87. The van der Waals surface area contributed by atoms with E-state index in [-0.39, 0.29) is 12.0 Å². The molecule has 0 aromatic carbocycles.